The van der Waals surface area contributed by atoms with Gasteiger partial charge in [-0.2, -0.15) is 0 Å². The molecule has 2 aliphatic heterocycles. The third-order valence-electron chi connectivity index (χ3n) is 7.77. The molecule has 0 saturated carbocycles. The number of pyridine rings is 1. The molecule has 198 valence electrons. The van der Waals surface area contributed by atoms with Crippen LogP contribution in [0.25, 0.3) is 22.4 Å². The van der Waals surface area contributed by atoms with E-state index in [1.165, 1.54) is 0 Å². The number of amides is 1. The van der Waals surface area contributed by atoms with E-state index in [9.17, 15) is 14.4 Å². The molecule has 1 amide bonds. The number of rotatable bonds is 8. The zero-order valence-electron chi connectivity index (χ0n) is 21.7. The van der Waals surface area contributed by atoms with Crippen molar-refractivity contribution in [1.82, 2.24) is 25.2 Å². The fraction of sp³-hybridized carbons (Fsp3) is 0.323. The smallest absolute Gasteiger partial charge is 0.256 e. The molecule has 2 saturated heterocycles. The second-order valence-corrected chi connectivity index (χ2v) is 10.5. The van der Waals surface area contributed by atoms with Crippen molar-refractivity contribution in [1.29, 1.82) is 0 Å². The van der Waals surface area contributed by atoms with Crippen molar-refractivity contribution >= 4 is 28.5 Å². The lowest BCUT2D eigenvalue weighted by molar-refractivity contribution is -0.122. The van der Waals surface area contributed by atoms with Crippen LogP contribution in [-0.2, 0) is 22.4 Å². The Morgan fingerprint density at radius 2 is 1.74 bits per heavy atom. The van der Waals surface area contributed by atoms with Crippen LogP contribution in [0.3, 0.4) is 0 Å². The monoisotopic (exact) mass is 521 g/mol. The molecule has 0 aliphatic carbocycles. The van der Waals surface area contributed by atoms with Gasteiger partial charge in [-0.05, 0) is 67.6 Å². The molecule has 0 spiro atoms. The van der Waals surface area contributed by atoms with E-state index in [0.717, 1.165) is 59.4 Å². The molecule has 2 atom stereocenters. The minimum atomic E-state index is -0.404. The Labute approximate surface area is 226 Å². The van der Waals surface area contributed by atoms with E-state index in [1.54, 1.807) is 29.4 Å². The van der Waals surface area contributed by atoms with Gasteiger partial charge in [0.15, 0.2) is 11.6 Å². The SMILES string of the molecule is O=C(Cc1ccc2nc(-c3ccc(CC(=O)[C@@H]4CCCN4C(=O)c4cccnc4)cc3)[nH]c2c1)[C@@H]1CCCN1. The number of likely N-dealkylation sites (tertiary alicyclic amines) is 1. The summed E-state index contributed by atoms with van der Waals surface area (Å²) in [5.74, 6) is 0.893. The van der Waals surface area contributed by atoms with Gasteiger partial charge in [0.25, 0.3) is 5.91 Å². The number of carbonyl (C=O) groups is 3. The van der Waals surface area contributed by atoms with E-state index in [1.807, 2.05) is 42.5 Å². The zero-order chi connectivity index (χ0) is 26.8. The lowest BCUT2D eigenvalue weighted by atomic mass is 10.0. The first kappa shape index (κ1) is 25.1. The van der Waals surface area contributed by atoms with Gasteiger partial charge in [0.05, 0.1) is 28.7 Å². The Morgan fingerprint density at radius 3 is 2.51 bits per heavy atom. The van der Waals surface area contributed by atoms with Crippen molar-refractivity contribution in [2.75, 3.05) is 13.1 Å². The molecule has 0 bridgehead atoms. The maximum atomic E-state index is 13.2. The second kappa shape index (κ2) is 10.9. The van der Waals surface area contributed by atoms with Crippen LogP contribution in [0.1, 0.15) is 47.2 Å². The van der Waals surface area contributed by atoms with Crippen molar-refractivity contribution in [3.63, 3.8) is 0 Å². The van der Waals surface area contributed by atoms with Gasteiger partial charge in [0, 0.05) is 37.3 Å². The number of aromatic amines is 1. The van der Waals surface area contributed by atoms with Crippen molar-refractivity contribution < 1.29 is 14.4 Å². The normalized spacial score (nSPS) is 19.0. The van der Waals surface area contributed by atoms with Crippen LogP contribution in [0.4, 0.5) is 0 Å². The molecule has 2 N–H and O–H groups in total. The fourth-order valence-electron chi connectivity index (χ4n) is 5.69. The number of nitrogens with zero attached hydrogens (tertiary/aromatic N) is 3. The molecule has 4 heterocycles. The molecule has 2 aromatic heterocycles. The lowest BCUT2D eigenvalue weighted by Gasteiger charge is -2.23. The summed E-state index contributed by atoms with van der Waals surface area (Å²) in [5.41, 5.74) is 5.06. The molecule has 0 radical (unpaired) electrons. The summed E-state index contributed by atoms with van der Waals surface area (Å²) >= 11 is 0. The predicted molar refractivity (Wildman–Crippen MR) is 148 cm³/mol. The van der Waals surface area contributed by atoms with Crippen LogP contribution < -0.4 is 5.32 Å². The van der Waals surface area contributed by atoms with Gasteiger partial charge < -0.3 is 15.2 Å². The van der Waals surface area contributed by atoms with Crippen LogP contribution >= 0.6 is 0 Å². The van der Waals surface area contributed by atoms with Gasteiger partial charge in [-0.25, -0.2) is 4.98 Å². The maximum absolute atomic E-state index is 13.2. The summed E-state index contributed by atoms with van der Waals surface area (Å²) in [7, 11) is 0. The Hall–Kier alpha value is -4.17. The van der Waals surface area contributed by atoms with Crippen molar-refractivity contribution in [3.05, 3.63) is 83.7 Å². The number of aromatic nitrogens is 3. The van der Waals surface area contributed by atoms with Gasteiger partial charge in [-0.3, -0.25) is 19.4 Å². The first-order valence-corrected chi connectivity index (χ1v) is 13.6. The first-order chi connectivity index (χ1) is 19.0. The number of carbonyl (C=O) groups excluding carboxylic acids is 3. The molecule has 2 fully saturated rings. The quantitative estimate of drug-likeness (QED) is 0.364. The number of hydrogen-bond acceptors (Lipinski definition) is 6. The first-order valence-electron chi connectivity index (χ1n) is 13.6. The van der Waals surface area contributed by atoms with E-state index in [2.05, 4.69) is 15.3 Å². The average Bonchev–Trinajstić information content (AvgIpc) is 3.74. The molecule has 2 aliphatic rings. The number of Topliss-reactive ketones (excluding diaryl/α,β-unsaturated/α-hetero) is 2. The number of H-pyrrole nitrogens is 1. The van der Waals surface area contributed by atoms with Gasteiger partial charge >= 0.3 is 0 Å². The highest BCUT2D eigenvalue weighted by atomic mass is 16.2. The number of hydrogen-bond donors (Lipinski definition) is 2. The lowest BCUT2D eigenvalue weighted by Crippen LogP contribution is -2.41. The number of ketones is 2. The van der Waals surface area contributed by atoms with Crippen LogP contribution in [0, 0.1) is 0 Å². The van der Waals surface area contributed by atoms with Crippen molar-refractivity contribution in [2.24, 2.45) is 0 Å². The highest BCUT2D eigenvalue weighted by Crippen LogP contribution is 2.25. The fourth-order valence-corrected chi connectivity index (χ4v) is 5.69. The molecular formula is C31H31N5O3. The highest BCUT2D eigenvalue weighted by Gasteiger charge is 2.34. The average molecular weight is 522 g/mol. The number of imidazole rings is 1. The van der Waals surface area contributed by atoms with Crippen molar-refractivity contribution in [3.8, 4) is 11.4 Å². The van der Waals surface area contributed by atoms with Crippen LogP contribution in [0.2, 0.25) is 0 Å². The minimum Gasteiger partial charge on any atom is -0.338 e. The summed E-state index contributed by atoms with van der Waals surface area (Å²) in [6.07, 6.45) is 7.34. The van der Waals surface area contributed by atoms with E-state index in [4.69, 9.17) is 4.98 Å². The molecule has 6 rings (SSSR count). The van der Waals surface area contributed by atoms with Gasteiger partial charge in [0.2, 0.25) is 0 Å². The van der Waals surface area contributed by atoms with Crippen LogP contribution in [-0.4, -0.2) is 62.5 Å². The number of fused-ring (bicyclic) bond motifs is 1. The summed E-state index contributed by atoms with van der Waals surface area (Å²) < 4.78 is 0. The Kier molecular flexibility index (Phi) is 7.02. The topological polar surface area (TPSA) is 108 Å². The Balaban J connectivity index is 1.11. The Morgan fingerprint density at radius 1 is 0.923 bits per heavy atom. The Bertz CT molecular complexity index is 1510. The van der Waals surface area contributed by atoms with Crippen LogP contribution in [0.15, 0.2) is 67.0 Å². The summed E-state index contributed by atoms with van der Waals surface area (Å²) in [5, 5.41) is 3.27. The van der Waals surface area contributed by atoms with E-state index >= 15 is 0 Å². The van der Waals surface area contributed by atoms with Crippen molar-refractivity contribution in [2.45, 2.75) is 50.6 Å². The molecule has 8 nitrogen and oxygen atoms in total. The maximum Gasteiger partial charge on any atom is 0.256 e. The second-order valence-electron chi connectivity index (χ2n) is 10.5. The van der Waals surface area contributed by atoms with E-state index < -0.39 is 6.04 Å². The van der Waals surface area contributed by atoms with E-state index in [-0.39, 0.29) is 29.9 Å². The third kappa shape index (κ3) is 5.38. The summed E-state index contributed by atoms with van der Waals surface area (Å²) in [6, 6.07) is 16.8. The number of nitrogens with one attached hydrogen (secondary N) is 2. The molecule has 4 aromatic rings. The molecule has 2 aromatic carbocycles. The molecule has 8 heteroatoms. The standard InChI is InChI=1S/C31H31N5O3/c37-28(25-5-2-14-33-25)18-21-9-12-24-26(16-21)35-30(34-24)22-10-7-20(8-11-22)17-29(38)27-6-3-15-36(27)31(39)23-4-1-13-32-19-23/h1,4,7-13,16,19,25,27,33H,2-3,5-6,14-15,17-18H2,(H,34,35)/t25-,27-/m0/s1. The van der Waals surface area contributed by atoms with Gasteiger partial charge in [0.1, 0.15) is 5.82 Å². The van der Waals surface area contributed by atoms with Gasteiger partial charge in [-0.1, -0.05) is 30.3 Å². The van der Waals surface area contributed by atoms with Crippen LogP contribution in [0.5, 0.6) is 0 Å². The third-order valence-corrected chi connectivity index (χ3v) is 7.77. The van der Waals surface area contributed by atoms with E-state index in [0.29, 0.717) is 24.9 Å². The highest BCUT2D eigenvalue weighted by molar-refractivity contribution is 5.98. The summed E-state index contributed by atoms with van der Waals surface area (Å²) in [4.78, 5) is 52.5. The molecule has 0 unspecified atom stereocenters. The minimum absolute atomic E-state index is 0.0261. The van der Waals surface area contributed by atoms with Gasteiger partial charge in [-0.15, -0.1) is 0 Å². The summed E-state index contributed by atoms with van der Waals surface area (Å²) in [6.45, 7) is 1.50. The zero-order valence-corrected chi connectivity index (χ0v) is 21.7. The molecular weight excluding hydrogens is 490 g/mol. The molecule has 39 heavy (non-hydrogen) atoms. The number of benzene rings is 2. The predicted octanol–water partition coefficient (Wildman–Crippen LogP) is 3.90. The largest absolute Gasteiger partial charge is 0.338 e.